The topological polar surface area (TPSA) is 38.3 Å². The highest BCUT2D eigenvalue weighted by Crippen LogP contribution is 2.29. The van der Waals surface area contributed by atoms with E-state index in [0.29, 0.717) is 18.2 Å². The van der Waals surface area contributed by atoms with Crippen LogP contribution in [-0.4, -0.2) is 30.5 Å². The number of esters is 1. The fourth-order valence-electron chi connectivity index (χ4n) is 2.02. The van der Waals surface area contributed by atoms with Crippen molar-refractivity contribution in [3.63, 3.8) is 0 Å². The van der Waals surface area contributed by atoms with Crippen molar-refractivity contribution in [2.24, 2.45) is 5.92 Å². The molecule has 0 amide bonds. The zero-order chi connectivity index (χ0) is 11.3. The molecule has 0 radical (unpaired) electrons. The van der Waals surface area contributed by atoms with Gasteiger partial charge in [0.1, 0.15) is 5.60 Å². The molecule has 1 N–H and O–H groups in total. The Hall–Kier alpha value is -0.280. The van der Waals surface area contributed by atoms with Crippen LogP contribution < -0.4 is 5.32 Å². The summed E-state index contributed by atoms with van der Waals surface area (Å²) in [4.78, 5) is 11.4. The van der Waals surface area contributed by atoms with Crippen molar-refractivity contribution in [3.05, 3.63) is 0 Å². The van der Waals surface area contributed by atoms with E-state index in [1.54, 1.807) is 0 Å². The average Bonchev–Trinajstić information content (AvgIpc) is 2.18. The highest BCUT2D eigenvalue weighted by atomic mass is 35.5. The number of piperidine rings is 1. The molecule has 1 aliphatic heterocycles. The number of hydrogen-bond donors (Lipinski definition) is 1. The first-order valence-electron chi connectivity index (χ1n) is 5.55. The van der Waals surface area contributed by atoms with Gasteiger partial charge in [0.25, 0.3) is 0 Å². The Morgan fingerprint density at radius 3 is 2.60 bits per heavy atom. The van der Waals surface area contributed by atoms with Crippen molar-refractivity contribution in [2.45, 2.75) is 38.7 Å². The number of nitrogens with one attached hydrogen (secondary N) is 1. The summed E-state index contributed by atoms with van der Waals surface area (Å²) in [6.45, 7) is 6.02. The lowest BCUT2D eigenvalue weighted by molar-refractivity contribution is -0.162. The third kappa shape index (κ3) is 3.99. The number of hydrogen-bond acceptors (Lipinski definition) is 3. The summed E-state index contributed by atoms with van der Waals surface area (Å²) in [5.41, 5.74) is -0.356. The molecule has 4 heteroatoms. The number of alkyl halides is 1. The predicted molar refractivity (Wildman–Crippen MR) is 61.1 cm³/mol. The van der Waals surface area contributed by atoms with Crippen LogP contribution in [0.15, 0.2) is 0 Å². The van der Waals surface area contributed by atoms with E-state index in [0.717, 1.165) is 25.9 Å². The zero-order valence-corrected chi connectivity index (χ0v) is 10.3. The summed E-state index contributed by atoms with van der Waals surface area (Å²) < 4.78 is 5.47. The summed E-state index contributed by atoms with van der Waals surface area (Å²) in [5.74, 6) is 0.604. The summed E-state index contributed by atoms with van der Waals surface area (Å²) in [6, 6.07) is 0. The van der Waals surface area contributed by atoms with Gasteiger partial charge in [0, 0.05) is 11.8 Å². The lowest BCUT2D eigenvalue weighted by Gasteiger charge is -2.36. The molecule has 0 aromatic heterocycles. The summed E-state index contributed by atoms with van der Waals surface area (Å²) in [6.07, 6.45) is 2.44. The molecule has 0 unspecified atom stereocenters. The zero-order valence-electron chi connectivity index (χ0n) is 9.51. The second-order valence-electron chi connectivity index (χ2n) is 4.54. The van der Waals surface area contributed by atoms with Gasteiger partial charge in [0.05, 0.1) is 6.42 Å². The van der Waals surface area contributed by atoms with E-state index in [2.05, 4.69) is 5.32 Å². The summed E-state index contributed by atoms with van der Waals surface area (Å²) in [7, 11) is 0. The highest BCUT2D eigenvalue weighted by molar-refractivity contribution is 6.18. The van der Waals surface area contributed by atoms with E-state index < -0.39 is 0 Å². The maximum atomic E-state index is 11.4. The molecule has 3 nitrogen and oxygen atoms in total. The van der Waals surface area contributed by atoms with Gasteiger partial charge in [-0.25, -0.2) is 0 Å². The number of halogens is 1. The van der Waals surface area contributed by atoms with E-state index in [1.807, 2.05) is 13.8 Å². The minimum atomic E-state index is -0.356. The van der Waals surface area contributed by atoms with E-state index in [-0.39, 0.29) is 11.6 Å². The number of carbonyl (C=O) groups is 1. The summed E-state index contributed by atoms with van der Waals surface area (Å²) in [5, 5.41) is 3.30. The van der Waals surface area contributed by atoms with Crippen molar-refractivity contribution in [2.75, 3.05) is 19.0 Å². The quantitative estimate of drug-likeness (QED) is 0.596. The van der Waals surface area contributed by atoms with Gasteiger partial charge >= 0.3 is 5.97 Å². The monoisotopic (exact) mass is 233 g/mol. The second kappa shape index (κ2) is 5.71. The van der Waals surface area contributed by atoms with E-state index in [4.69, 9.17) is 16.3 Å². The third-order valence-corrected chi connectivity index (χ3v) is 3.19. The Balaban J connectivity index is 2.45. The molecule has 0 aliphatic carbocycles. The Bertz CT molecular complexity index is 213. The van der Waals surface area contributed by atoms with Gasteiger partial charge in [0.2, 0.25) is 0 Å². The number of ether oxygens (including phenoxy) is 1. The molecule has 0 spiro atoms. The third-order valence-electron chi connectivity index (χ3n) is 3.00. The molecule has 15 heavy (non-hydrogen) atoms. The minimum Gasteiger partial charge on any atom is -0.459 e. The molecule has 0 saturated carbocycles. The van der Waals surface area contributed by atoms with Gasteiger partial charge in [-0.05, 0) is 39.8 Å². The maximum Gasteiger partial charge on any atom is 0.307 e. The second-order valence-corrected chi connectivity index (χ2v) is 4.92. The lowest BCUT2D eigenvalue weighted by Crippen LogP contribution is -2.42. The normalized spacial score (nSPS) is 18.9. The van der Waals surface area contributed by atoms with Gasteiger partial charge in [-0.15, -0.1) is 11.6 Å². The molecule has 1 fully saturated rings. The van der Waals surface area contributed by atoms with Crippen LogP contribution in [0.2, 0.25) is 0 Å². The molecule has 0 aromatic rings. The molecule has 1 saturated heterocycles. The lowest BCUT2D eigenvalue weighted by atomic mass is 9.83. The van der Waals surface area contributed by atoms with Crippen LogP contribution in [-0.2, 0) is 9.53 Å². The van der Waals surface area contributed by atoms with Gasteiger partial charge in [-0.2, -0.15) is 0 Å². The van der Waals surface area contributed by atoms with Gasteiger partial charge in [-0.3, -0.25) is 4.79 Å². The van der Waals surface area contributed by atoms with Crippen LogP contribution in [0.25, 0.3) is 0 Å². The SMILES string of the molecule is CC(C)(OC(=O)CCCl)C1CCNCC1. The number of carbonyl (C=O) groups excluding carboxylic acids is 1. The molecular formula is C11H20ClNO2. The minimum absolute atomic E-state index is 0.187. The van der Waals surface area contributed by atoms with E-state index >= 15 is 0 Å². The van der Waals surface area contributed by atoms with E-state index in [1.165, 1.54) is 0 Å². The van der Waals surface area contributed by atoms with Crippen LogP contribution in [0.1, 0.15) is 33.1 Å². The molecule has 0 atom stereocenters. The first kappa shape index (κ1) is 12.8. The van der Waals surface area contributed by atoms with Crippen LogP contribution in [0.5, 0.6) is 0 Å². The summed E-state index contributed by atoms with van der Waals surface area (Å²) >= 11 is 5.50. The molecule has 88 valence electrons. The molecule has 1 aliphatic rings. The first-order chi connectivity index (χ1) is 7.06. The van der Waals surface area contributed by atoms with Crippen LogP contribution in [0, 0.1) is 5.92 Å². The van der Waals surface area contributed by atoms with E-state index in [9.17, 15) is 4.79 Å². The predicted octanol–water partition coefficient (Wildman–Crippen LogP) is 1.94. The van der Waals surface area contributed by atoms with Crippen LogP contribution in [0.3, 0.4) is 0 Å². The molecule has 1 rings (SSSR count). The molecule has 0 aromatic carbocycles. The van der Waals surface area contributed by atoms with Gasteiger partial charge < -0.3 is 10.1 Å². The Morgan fingerprint density at radius 1 is 1.47 bits per heavy atom. The van der Waals surface area contributed by atoms with Gasteiger partial charge in [0.15, 0.2) is 0 Å². The fraction of sp³-hybridized carbons (Fsp3) is 0.909. The average molecular weight is 234 g/mol. The standard InChI is InChI=1S/C11H20ClNO2/c1-11(2,15-10(14)3-6-12)9-4-7-13-8-5-9/h9,13H,3-8H2,1-2H3. The highest BCUT2D eigenvalue weighted by Gasteiger charge is 2.33. The van der Waals surface area contributed by atoms with Crippen molar-refractivity contribution < 1.29 is 9.53 Å². The van der Waals surface area contributed by atoms with Crippen molar-refractivity contribution in [3.8, 4) is 0 Å². The van der Waals surface area contributed by atoms with Crippen LogP contribution in [0.4, 0.5) is 0 Å². The van der Waals surface area contributed by atoms with Gasteiger partial charge in [-0.1, -0.05) is 0 Å². The molecule has 1 heterocycles. The van der Waals surface area contributed by atoms with Crippen molar-refractivity contribution >= 4 is 17.6 Å². The largest absolute Gasteiger partial charge is 0.459 e. The fourth-order valence-corrected chi connectivity index (χ4v) is 2.18. The van der Waals surface area contributed by atoms with Crippen molar-refractivity contribution in [1.29, 1.82) is 0 Å². The Morgan fingerprint density at radius 2 is 2.07 bits per heavy atom. The Kier molecular flexibility index (Phi) is 4.87. The van der Waals surface area contributed by atoms with Crippen molar-refractivity contribution in [1.82, 2.24) is 5.32 Å². The Labute approximate surface area is 96.5 Å². The first-order valence-corrected chi connectivity index (χ1v) is 6.08. The molecular weight excluding hydrogens is 214 g/mol. The number of rotatable bonds is 4. The maximum absolute atomic E-state index is 11.4. The van der Waals surface area contributed by atoms with Crippen LogP contribution >= 0.6 is 11.6 Å². The smallest absolute Gasteiger partial charge is 0.307 e. The molecule has 0 bridgehead atoms.